The fraction of sp³-hybridized carbons (Fsp3) is 0.500. The topological polar surface area (TPSA) is 79.0 Å². The lowest BCUT2D eigenvalue weighted by Crippen LogP contribution is -2.52. The molecule has 2 aromatic rings. The fourth-order valence-corrected chi connectivity index (χ4v) is 6.72. The normalized spacial score (nSPS) is 27.2. The van der Waals surface area contributed by atoms with Gasteiger partial charge in [-0.1, -0.05) is 36.8 Å². The van der Waals surface area contributed by atoms with Crippen LogP contribution >= 0.6 is 0 Å². The maximum absolute atomic E-state index is 13.0. The predicted molar refractivity (Wildman–Crippen MR) is 139 cm³/mol. The van der Waals surface area contributed by atoms with Gasteiger partial charge in [-0.05, 0) is 86.9 Å². The van der Waals surface area contributed by atoms with Gasteiger partial charge in [0.15, 0.2) is 0 Å². The molecule has 3 fully saturated rings. The van der Waals surface area contributed by atoms with Gasteiger partial charge in [-0.2, -0.15) is 0 Å². The van der Waals surface area contributed by atoms with Gasteiger partial charge in [0.1, 0.15) is 17.9 Å². The summed E-state index contributed by atoms with van der Waals surface area (Å²) in [6.07, 6.45) is 7.76. The predicted octanol–water partition coefficient (Wildman–Crippen LogP) is 4.02. The van der Waals surface area contributed by atoms with Gasteiger partial charge in [0.25, 0.3) is 5.91 Å². The third-order valence-corrected chi connectivity index (χ3v) is 8.72. The molecule has 2 saturated heterocycles. The lowest BCUT2D eigenvalue weighted by Gasteiger charge is -2.43. The molecule has 37 heavy (non-hydrogen) atoms. The van der Waals surface area contributed by atoms with Crippen molar-refractivity contribution in [1.82, 2.24) is 15.1 Å². The molecule has 7 heteroatoms. The van der Waals surface area contributed by atoms with Crippen molar-refractivity contribution in [2.24, 2.45) is 0 Å². The van der Waals surface area contributed by atoms with E-state index >= 15 is 0 Å². The third-order valence-electron chi connectivity index (χ3n) is 8.72. The van der Waals surface area contributed by atoms with Crippen LogP contribution in [0, 0.1) is 0 Å². The van der Waals surface area contributed by atoms with E-state index in [2.05, 4.69) is 40.5 Å². The Morgan fingerprint density at radius 3 is 2.43 bits per heavy atom. The summed E-state index contributed by atoms with van der Waals surface area (Å²) < 4.78 is 6.61. The molecule has 7 nitrogen and oxygen atoms in total. The first-order chi connectivity index (χ1) is 18.1. The van der Waals surface area contributed by atoms with Crippen LogP contribution in [0.25, 0.3) is 0 Å². The molecule has 3 atom stereocenters. The molecule has 1 unspecified atom stereocenters. The zero-order valence-corrected chi connectivity index (χ0v) is 21.2. The lowest BCUT2D eigenvalue weighted by molar-refractivity contribution is -0.136. The van der Waals surface area contributed by atoms with Gasteiger partial charge in [0.2, 0.25) is 11.8 Å². The molecule has 3 aliphatic heterocycles. The standard InChI is InChI=1S/C30H35N3O4/c34-28-13-12-26(29(35)31-28)33-19-22-18-23(10-11-24(22)30(33)36)37-27-9-5-4-8-25(27)32-16-14-21(15-17-32)20-6-2-1-3-7-20/h1-3,6-7,10-11,18,21,25-27H,4-5,8-9,12-17,19H2,(H,31,34,35)/t25-,26?,27+/m0/s1. The number of benzene rings is 2. The molecule has 1 N–H and O–H groups in total. The van der Waals surface area contributed by atoms with E-state index < -0.39 is 6.04 Å². The number of hydrogen-bond donors (Lipinski definition) is 1. The Morgan fingerprint density at radius 2 is 1.65 bits per heavy atom. The summed E-state index contributed by atoms with van der Waals surface area (Å²) in [7, 11) is 0. The number of nitrogens with one attached hydrogen (secondary N) is 1. The van der Waals surface area contributed by atoms with Gasteiger partial charge in [-0.15, -0.1) is 0 Å². The zero-order valence-electron chi connectivity index (χ0n) is 21.2. The van der Waals surface area contributed by atoms with Crippen molar-refractivity contribution in [2.45, 2.75) is 82.0 Å². The summed E-state index contributed by atoms with van der Waals surface area (Å²) in [5.41, 5.74) is 2.97. The van der Waals surface area contributed by atoms with Crippen molar-refractivity contribution >= 4 is 17.7 Å². The Hall–Kier alpha value is -3.19. The van der Waals surface area contributed by atoms with Crippen molar-refractivity contribution in [2.75, 3.05) is 13.1 Å². The fourth-order valence-electron chi connectivity index (χ4n) is 6.72. The average molecular weight is 502 g/mol. The van der Waals surface area contributed by atoms with Crippen LogP contribution in [0.4, 0.5) is 0 Å². The second-order valence-electron chi connectivity index (χ2n) is 10.9. The largest absolute Gasteiger partial charge is 0.489 e. The van der Waals surface area contributed by atoms with Crippen molar-refractivity contribution in [3.63, 3.8) is 0 Å². The van der Waals surface area contributed by atoms with Crippen molar-refractivity contribution in [3.05, 3.63) is 65.2 Å². The van der Waals surface area contributed by atoms with Crippen LogP contribution < -0.4 is 10.1 Å². The number of ether oxygens (including phenoxy) is 1. The quantitative estimate of drug-likeness (QED) is 0.627. The molecular weight excluding hydrogens is 466 g/mol. The first kappa shape index (κ1) is 24.2. The van der Waals surface area contributed by atoms with Gasteiger partial charge in [0.05, 0.1) is 0 Å². The van der Waals surface area contributed by atoms with Crippen LogP contribution in [0.1, 0.15) is 78.8 Å². The number of imide groups is 1. The first-order valence-corrected chi connectivity index (χ1v) is 13.8. The SMILES string of the molecule is O=C1CCC(N2Cc3cc(O[C@@H]4CCCC[C@@H]4N4CCC(c5ccccc5)CC4)ccc3C2=O)C(=O)N1. The Labute approximate surface area is 218 Å². The molecule has 1 saturated carbocycles. The molecule has 0 spiro atoms. The van der Waals surface area contributed by atoms with Crippen LogP contribution in [0.15, 0.2) is 48.5 Å². The highest BCUT2D eigenvalue weighted by molar-refractivity contribution is 6.05. The number of rotatable bonds is 5. The van der Waals surface area contributed by atoms with Gasteiger partial charge in [-0.25, -0.2) is 0 Å². The van der Waals surface area contributed by atoms with E-state index in [1.54, 1.807) is 4.90 Å². The van der Waals surface area contributed by atoms with E-state index in [1.165, 1.54) is 31.2 Å². The van der Waals surface area contributed by atoms with E-state index in [0.717, 1.165) is 37.2 Å². The number of carbonyl (C=O) groups excluding carboxylic acids is 3. The minimum absolute atomic E-state index is 0.142. The molecule has 6 rings (SSSR count). The number of piperidine rings is 2. The zero-order chi connectivity index (χ0) is 25.4. The molecule has 0 aromatic heterocycles. The summed E-state index contributed by atoms with van der Waals surface area (Å²) in [6, 6.07) is 16.4. The maximum atomic E-state index is 13.0. The van der Waals surface area contributed by atoms with Gasteiger partial charge < -0.3 is 9.64 Å². The molecule has 0 bridgehead atoms. The summed E-state index contributed by atoms with van der Waals surface area (Å²) in [6.45, 7) is 2.58. The highest BCUT2D eigenvalue weighted by Crippen LogP contribution is 2.35. The molecule has 194 valence electrons. The van der Waals surface area contributed by atoms with Crippen LogP contribution in [-0.4, -0.2) is 58.8 Å². The molecular formula is C30H35N3O4. The number of nitrogens with zero attached hydrogens (tertiary/aromatic N) is 2. The van der Waals surface area contributed by atoms with Crippen molar-refractivity contribution < 1.29 is 19.1 Å². The van der Waals surface area contributed by atoms with E-state index in [4.69, 9.17) is 4.74 Å². The number of hydrogen-bond acceptors (Lipinski definition) is 5. The monoisotopic (exact) mass is 501 g/mol. The minimum Gasteiger partial charge on any atom is -0.489 e. The Morgan fingerprint density at radius 1 is 0.865 bits per heavy atom. The maximum Gasteiger partial charge on any atom is 0.255 e. The minimum atomic E-state index is -0.594. The van der Waals surface area contributed by atoms with Gasteiger partial charge in [0, 0.05) is 24.6 Å². The van der Waals surface area contributed by atoms with Crippen LogP contribution in [-0.2, 0) is 16.1 Å². The average Bonchev–Trinajstić information content (AvgIpc) is 3.25. The Bertz CT molecular complexity index is 1170. The summed E-state index contributed by atoms with van der Waals surface area (Å²) in [4.78, 5) is 41.1. The smallest absolute Gasteiger partial charge is 0.255 e. The number of carbonyl (C=O) groups is 3. The van der Waals surface area contributed by atoms with E-state index in [1.807, 2.05) is 18.2 Å². The summed E-state index contributed by atoms with van der Waals surface area (Å²) in [5.74, 6) is 0.643. The first-order valence-electron chi connectivity index (χ1n) is 13.8. The molecule has 0 radical (unpaired) electrons. The van der Waals surface area contributed by atoms with Gasteiger partial charge >= 0.3 is 0 Å². The van der Waals surface area contributed by atoms with Crippen LogP contribution in [0.2, 0.25) is 0 Å². The summed E-state index contributed by atoms with van der Waals surface area (Å²) in [5, 5.41) is 2.37. The molecule has 3 heterocycles. The highest BCUT2D eigenvalue weighted by Gasteiger charge is 2.39. The number of amides is 3. The second kappa shape index (κ2) is 10.3. The number of likely N-dealkylation sites (tertiary alicyclic amines) is 1. The molecule has 1 aliphatic carbocycles. The lowest BCUT2D eigenvalue weighted by atomic mass is 9.85. The molecule has 4 aliphatic rings. The number of fused-ring (bicyclic) bond motifs is 1. The van der Waals surface area contributed by atoms with Gasteiger partial charge in [-0.3, -0.25) is 24.6 Å². The summed E-state index contributed by atoms with van der Waals surface area (Å²) >= 11 is 0. The Balaban J connectivity index is 1.11. The third kappa shape index (κ3) is 4.89. The second-order valence-corrected chi connectivity index (χ2v) is 10.9. The van der Waals surface area contributed by atoms with E-state index in [9.17, 15) is 14.4 Å². The highest BCUT2D eigenvalue weighted by atomic mass is 16.5. The van der Waals surface area contributed by atoms with E-state index in [-0.39, 0.29) is 30.2 Å². The molecule has 2 aromatic carbocycles. The molecule has 3 amide bonds. The van der Waals surface area contributed by atoms with E-state index in [0.29, 0.717) is 30.5 Å². The van der Waals surface area contributed by atoms with Crippen molar-refractivity contribution in [1.29, 1.82) is 0 Å². The van der Waals surface area contributed by atoms with Crippen LogP contribution in [0.5, 0.6) is 5.75 Å². The van der Waals surface area contributed by atoms with Crippen molar-refractivity contribution in [3.8, 4) is 5.75 Å². The Kier molecular flexibility index (Phi) is 6.72. The van der Waals surface area contributed by atoms with Crippen LogP contribution in [0.3, 0.4) is 0 Å².